The standard InChI is InChI=1S/C47H29N3O/c1-3-11-31(12-4-1)45-48-46(32-13-5-2-6-14-32)50-47(49-45)33-21-19-30(20-22-33)34-23-25-40-41-26-24-36(29-44(41)51-43(40)28-34)42-27-35-15-7-8-16-37(35)38-17-9-10-18-39(38)42/h1-29H. The van der Waals surface area contributed by atoms with E-state index >= 15 is 0 Å². The summed E-state index contributed by atoms with van der Waals surface area (Å²) in [6, 6.07) is 61.1. The molecule has 0 aliphatic heterocycles. The van der Waals surface area contributed by atoms with Crippen LogP contribution in [-0.4, -0.2) is 15.0 Å². The summed E-state index contributed by atoms with van der Waals surface area (Å²) < 4.78 is 6.55. The minimum absolute atomic E-state index is 0.636. The molecule has 51 heavy (non-hydrogen) atoms. The maximum Gasteiger partial charge on any atom is 0.164 e. The van der Waals surface area contributed by atoms with E-state index in [4.69, 9.17) is 19.4 Å². The van der Waals surface area contributed by atoms with Gasteiger partial charge in [-0.05, 0) is 74.1 Å². The van der Waals surface area contributed by atoms with Crippen molar-refractivity contribution in [1.29, 1.82) is 0 Å². The SMILES string of the molecule is c1ccc(-c2nc(-c3ccccc3)nc(-c3ccc(-c4ccc5c(c4)oc4cc(-c6cc7ccccc7c7ccccc67)ccc45)cc3)n2)cc1. The zero-order valence-corrected chi connectivity index (χ0v) is 27.5. The Hall–Kier alpha value is -6.91. The molecule has 0 saturated heterocycles. The summed E-state index contributed by atoms with van der Waals surface area (Å²) in [5, 5.41) is 7.21. The number of aromatic nitrogens is 3. The first-order chi connectivity index (χ1) is 25.2. The van der Waals surface area contributed by atoms with Crippen molar-refractivity contribution in [2.45, 2.75) is 0 Å². The molecule has 8 aromatic carbocycles. The second-order valence-electron chi connectivity index (χ2n) is 12.8. The summed E-state index contributed by atoms with van der Waals surface area (Å²) in [6.07, 6.45) is 0. The maximum absolute atomic E-state index is 6.55. The van der Waals surface area contributed by atoms with Crippen molar-refractivity contribution in [2.24, 2.45) is 0 Å². The number of hydrogen-bond donors (Lipinski definition) is 0. The van der Waals surface area contributed by atoms with Crippen molar-refractivity contribution in [3.05, 3.63) is 176 Å². The molecule has 4 nitrogen and oxygen atoms in total. The highest BCUT2D eigenvalue weighted by molar-refractivity contribution is 6.15. The normalized spacial score (nSPS) is 11.5. The van der Waals surface area contributed by atoms with Crippen molar-refractivity contribution >= 4 is 43.5 Å². The number of nitrogens with zero attached hydrogens (tertiary/aromatic N) is 3. The van der Waals surface area contributed by atoms with E-state index in [0.717, 1.165) is 55.3 Å². The molecule has 2 heterocycles. The first-order valence-electron chi connectivity index (χ1n) is 17.1. The first kappa shape index (κ1) is 29.0. The molecule has 10 aromatic rings. The molecule has 0 aliphatic rings. The van der Waals surface area contributed by atoms with Gasteiger partial charge in [0.1, 0.15) is 11.2 Å². The summed E-state index contributed by atoms with van der Waals surface area (Å²) in [6.45, 7) is 0. The van der Waals surface area contributed by atoms with Crippen LogP contribution in [-0.2, 0) is 0 Å². The Labute approximate surface area is 294 Å². The lowest BCUT2D eigenvalue weighted by Gasteiger charge is -2.11. The van der Waals surface area contributed by atoms with Gasteiger partial charge in [0.25, 0.3) is 0 Å². The molecule has 238 valence electrons. The lowest BCUT2D eigenvalue weighted by molar-refractivity contribution is 0.669. The summed E-state index contributed by atoms with van der Waals surface area (Å²) >= 11 is 0. The van der Waals surface area contributed by atoms with Crippen LogP contribution in [0.5, 0.6) is 0 Å². The average molecular weight is 652 g/mol. The van der Waals surface area contributed by atoms with Gasteiger partial charge in [-0.25, -0.2) is 15.0 Å². The third-order valence-corrected chi connectivity index (χ3v) is 9.73. The molecule has 0 atom stereocenters. The fourth-order valence-electron chi connectivity index (χ4n) is 7.17. The molecule has 10 rings (SSSR count). The Kier molecular flexibility index (Phi) is 6.78. The predicted octanol–water partition coefficient (Wildman–Crippen LogP) is 12.4. The van der Waals surface area contributed by atoms with Crippen LogP contribution in [0.1, 0.15) is 0 Å². The number of furan rings is 1. The fraction of sp³-hybridized carbons (Fsp3) is 0. The molecule has 0 N–H and O–H groups in total. The molecular formula is C47H29N3O. The zero-order chi connectivity index (χ0) is 33.7. The Balaban J connectivity index is 1.01. The van der Waals surface area contributed by atoms with E-state index in [1.54, 1.807) is 0 Å². The lowest BCUT2D eigenvalue weighted by atomic mass is 9.93. The second kappa shape index (κ2) is 11.9. The van der Waals surface area contributed by atoms with E-state index in [-0.39, 0.29) is 0 Å². The number of fused-ring (bicyclic) bond motifs is 6. The van der Waals surface area contributed by atoms with Gasteiger partial charge < -0.3 is 4.42 Å². The minimum atomic E-state index is 0.636. The lowest BCUT2D eigenvalue weighted by Crippen LogP contribution is -2.00. The van der Waals surface area contributed by atoms with E-state index in [0.29, 0.717) is 17.5 Å². The van der Waals surface area contributed by atoms with Gasteiger partial charge in [0.2, 0.25) is 0 Å². The van der Waals surface area contributed by atoms with Crippen LogP contribution in [0.25, 0.3) is 99.9 Å². The van der Waals surface area contributed by atoms with Crippen LogP contribution in [0, 0.1) is 0 Å². The van der Waals surface area contributed by atoms with Gasteiger partial charge in [0, 0.05) is 27.5 Å². The Morgan fingerprint density at radius 1 is 0.294 bits per heavy atom. The van der Waals surface area contributed by atoms with Gasteiger partial charge in [-0.15, -0.1) is 0 Å². The number of rotatable bonds is 5. The van der Waals surface area contributed by atoms with Crippen LogP contribution in [0.3, 0.4) is 0 Å². The van der Waals surface area contributed by atoms with Crippen molar-refractivity contribution in [2.75, 3.05) is 0 Å². The molecule has 0 amide bonds. The fourth-order valence-corrected chi connectivity index (χ4v) is 7.17. The molecular weight excluding hydrogens is 623 g/mol. The molecule has 0 saturated carbocycles. The van der Waals surface area contributed by atoms with Gasteiger partial charge in [0.05, 0.1) is 0 Å². The third-order valence-electron chi connectivity index (χ3n) is 9.73. The third kappa shape index (κ3) is 5.13. The average Bonchev–Trinajstić information content (AvgIpc) is 3.58. The highest BCUT2D eigenvalue weighted by atomic mass is 16.3. The minimum Gasteiger partial charge on any atom is -0.456 e. The molecule has 0 bridgehead atoms. The van der Waals surface area contributed by atoms with Gasteiger partial charge >= 0.3 is 0 Å². The highest BCUT2D eigenvalue weighted by Gasteiger charge is 2.15. The van der Waals surface area contributed by atoms with Crippen LogP contribution >= 0.6 is 0 Å². The van der Waals surface area contributed by atoms with Crippen molar-refractivity contribution in [1.82, 2.24) is 15.0 Å². The van der Waals surface area contributed by atoms with Crippen LogP contribution in [0.15, 0.2) is 180 Å². The summed E-state index contributed by atoms with van der Waals surface area (Å²) in [4.78, 5) is 14.6. The maximum atomic E-state index is 6.55. The largest absolute Gasteiger partial charge is 0.456 e. The molecule has 0 unspecified atom stereocenters. The van der Waals surface area contributed by atoms with Gasteiger partial charge in [-0.3, -0.25) is 0 Å². The topological polar surface area (TPSA) is 51.8 Å². The van der Waals surface area contributed by atoms with E-state index in [1.165, 1.54) is 27.1 Å². The van der Waals surface area contributed by atoms with Gasteiger partial charge in [0.15, 0.2) is 17.5 Å². The molecule has 2 aromatic heterocycles. The number of benzene rings is 8. The smallest absolute Gasteiger partial charge is 0.164 e. The Bertz CT molecular complexity index is 2840. The van der Waals surface area contributed by atoms with Crippen molar-refractivity contribution < 1.29 is 4.42 Å². The summed E-state index contributed by atoms with van der Waals surface area (Å²) in [5.74, 6) is 1.93. The quantitative estimate of drug-likeness (QED) is 0.174. The monoisotopic (exact) mass is 651 g/mol. The molecule has 0 radical (unpaired) electrons. The van der Waals surface area contributed by atoms with Crippen LogP contribution in [0.4, 0.5) is 0 Å². The van der Waals surface area contributed by atoms with Crippen LogP contribution in [0.2, 0.25) is 0 Å². The molecule has 4 heteroatoms. The molecule has 0 fully saturated rings. The molecule has 0 spiro atoms. The van der Waals surface area contributed by atoms with E-state index < -0.39 is 0 Å². The molecule has 0 aliphatic carbocycles. The van der Waals surface area contributed by atoms with Crippen LogP contribution < -0.4 is 0 Å². The summed E-state index contributed by atoms with van der Waals surface area (Å²) in [5.41, 5.74) is 9.09. The van der Waals surface area contributed by atoms with E-state index in [2.05, 4.69) is 115 Å². The zero-order valence-electron chi connectivity index (χ0n) is 27.5. The van der Waals surface area contributed by atoms with Gasteiger partial charge in [-0.2, -0.15) is 0 Å². The highest BCUT2D eigenvalue weighted by Crippen LogP contribution is 2.39. The number of hydrogen-bond acceptors (Lipinski definition) is 4. The second-order valence-corrected chi connectivity index (χ2v) is 12.8. The Morgan fingerprint density at radius 3 is 1.37 bits per heavy atom. The van der Waals surface area contributed by atoms with E-state index in [9.17, 15) is 0 Å². The van der Waals surface area contributed by atoms with E-state index in [1.807, 2.05) is 60.7 Å². The van der Waals surface area contributed by atoms with Gasteiger partial charge in [-0.1, -0.05) is 146 Å². The van der Waals surface area contributed by atoms with Crippen molar-refractivity contribution in [3.8, 4) is 56.4 Å². The summed E-state index contributed by atoms with van der Waals surface area (Å²) in [7, 11) is 0. The van der Waals surface area contributed by atoms with Crippen molar-refractivity contribution in [3.63, 3.8) is 0 Å². The Morgan fingerprint density at radius 2 is 0.745 bits per heavy atom. The predicted molar refractivity (Wildman–Crippen MR) is 209 cm³/mol. The first-order valence-corrected chi connectivity index (χ1v) is 17.1.